The number of carbonyl (C=O) groups is 2. The van der Waals surface area contributed by atoms with Crippen molar-refractivity contribution < 1.29 is 32.6 Å². The maximum absolute atomic E-state index is 12.9. The van der Waals surface area contributed by atoms with Gasteiger partial charge in [0, 0.05) is 44.8 Å². The highest BCUT2D eigenvalue weighted by Crippen LogP contribution is 2.53. The Labute approximate surface area is 197 Å². The summed E-state index contributed by atoms with van der Waals surface area (Å²) in [5, 5.41) is 10.5. The minimum atomic E-state index is -4.40. The number of methoxy groups -OCH3 is 1. The fourth-order valence-corrected chi connectivity index (χ4v) is 5.15. The molecule has 34 heavy (non-hydrogen) atoms. The summed E-state index contributed by atoms with van der Waals surface area (Å²) in [5.41, 5.74) is -0.0145. The van der Waals surface area contributed by atoms with Crippen molar-refractivity contribution in [3.05, 3.63) is 29.8 Å². The molecule has 2 aliphatic heterocycles. The second kappa shape index (κ2) is 9.73. The van der Waals surface area contributed by atoms with Gasteiger partial charge in [0.05, 0.1) is 18.8 Å². The Hall–Kier alpha value is -2.33. The number of aliphatic hydroxyl groups is 1. The zero-order chi connectivity index (χ0) is 24.5. The lowest BCUT2D eigenvalue weighted by atomic mass is 9.90. The largest absolute Gasteiger partial charge is 0.467 e. The fourth-order valence-electron chi connectivity index (χ4n) is 5.15. The van der Waals surface area contributed by atoms with E-state index in [1.165, 1.54) is 19.2 Å². The van der Waals surface area contributed by atoms with Gasteiger partial charge in [0.1, 0.15) is 6.04 Å². The molecule has 188 valence electrons. The van der Waals surface area contributed by atoms with Crippen molar-refractivity contribution in [2.75, 3.05) is 51.3 Å². The van der Waals surface area contributed by atoms with Crippen LogP contribution < -0.4 is 4.90 Å². The molecule has 0 aromatic heterocycles. The Morgan fingerprint density at radius 3 is 2.44 bits per heavy atom. The van der Waals surface area contributed by atoms with Crippen LogP contribution in [0.4, 0.5) is 18.9 Å². The van der Waals surface area contributed by atoms with Crippen LogP contribution >= 0.6 is 0 Å². The van der Waals surface area contributed by atoms with E-state index in [1.807, 2.05) is 4.90 Å². The van der Waals surface area contributed by atoms with E-state index in [9.17, 15) is 27.9 Å². The van der Waals surface area contributed by atoms with Crippen LogP contribution in [0.25, 0.3) is 0 Å². The Morgan fingerprint density at radius 2 is 1.85 bits per heavy atom. The fraction of sp³-hybridized carbons (Fsp3) is 0.667. The van der Waals surface area contributed by atoms with Crippen LogP contribution in [0, 0.1) is 5.41 Å². The van der Waals surface area contributed by atoms with Gasteiger partial charge in [-0.1, -0.05) is 0 Å². The van der Waals surface area contributed by atoms with Crippen molar-refractivity contribution in [1.29, 1.82) is 0 Å². The number of β-amino-alcohol motifs (C(OH)–C–C–N with tert-alkyl or cyclic N) is 1. The first kappa shape index (κ1) is 24.8. The number of halogens is 3. The normalized spacial score (nSPS) is 24.1. The minimum absolute atomic E-state index is 0.0980. The number of amides is 1. The molecule has 4 rings (SSSR count). The van der Waals surface area contributed by atoms with Crippen molar-refractivity contribution in [3.63, 3.8) is 0 Å². The summed E-state index contributed by atoms with van der Waals surface area (Å²) in [7, 11) is 1.30. The quantitative estimate of drug-likeness (QED) is 0.627. The lowest BCUT2D eigenvalue weighted by Crippen LogP contribution is -2.50. The molecular formula is C24H32F3N3O4. The molecule has 3 fully saturated rings. The maximum Gasteiger partial charge on any atom is 0.416 e. The van der Waals surface area contributed by atoms with Gasteiger partial charge >= 0.3 is 12.1 Å². The summed E-state index contributed by atoms with van der Waals surface area (Å²) in [6.07, 6.45) is -1.11. The lowest BCUT2D eigenvalue weighted by Gasteiger charge is -2.37. The van der Waals surface area contributed by atoms with Crippen molar-refractivity contribution in [2.45, 2.75) is 50.4 Å². The third-order valence-electron chi connectivity index (χ3n) is 7.61. The average Bonchev–Trinajstić information content (AvgIpc) is 3.61. The Balaban J connectivity index is 1.39. The number of benzene rings is 1. The third kappa shape index (κ3) is 5.33. The maximum atomic E-state index is 12.9. The molecule has 1 aromatic rings. The van der Waals surface area contributed by atoms with Crippen LogP contribution in [0.1, 0.15) is 37.7 Å². The van der Waals surface area contributed by atoms with Crippen LogP contribution in [0.5, 0.6) is 0 Å². The van der Waals surface area contributed by atoms with E-state index >= 15 is 0 Å². The van der Waals surface area contributed by atoms with Gasteiger partial charge in [-0.2, -0.15) is 13.2 Å². The minimum Gasteiger partial charge on any atom is -0.467 e. The smallest absolute Gasteiger partial charge is 0.416 e. The van der Waals surface area contributed by atoms with Gasteiger partial charge in [0.25, 0.3) is 0 Å². The molecule has 1 amide bonds. The van der Waals surface area contributed by atoms with Gasteiger partial charge in [-0.25, -0.2) is 4.79 Å². The number of alkyl halides is 3. The summed E-state index contributed by atoms with van der Waals surface area (Å²) in [6.45, 7) is 3.03. The van der Waals surface area contributed by atoms with E-state index in [2.05, 4.69) is 4.90 Å². The number of nitrogens with zero attached hydrogens (tertiary/aromatic N) is 3. The Kier molecular flexibility index (Phi) is 7.09. The second-order valence-corrected chi connectivity index (χ2v) is 9.63. The van der Waals surface area contributed by atoms with Crippen LogP contribution in [-0.2, 0) is 20.5 Å². The van der Waals surface area contributed by atoms with Gasteiger partial charge < -0.3 is 24.5 Å². The van der Waals surface area contributed by atoms with E-state index in [4.69, 9.17) is 4.74 Å². The topological polar surface area (TPSA) is 73.3 Å². The number of esters is 1. The van der Waals surface area contributed by atoms with Crippen molar-refractivity contribution >= 4 is 17.6 Å². The van der Waals surface area contributed by atoms with E-state index in [-0.39, 0.29) is 30.4 Å². The van der Waals surface area contributed by atoms with Crippen molar-refractivity contribution in [2.24, 2.45) is 5.41 Å². The molecule has 1 aliphatic carbocycles. The summed E-state index contributed by atoms with van der Waals surface area (Å²) >= 11 is 0. The van der Waals surface area contributed by atoms with Gasteiger partial charge in [-0.3, -0.25) is 4.79 Å². The molecule has 1 spiro atoms. The number of ether oxygens (including phenoxy) is 1. The first-order chi connectivity index (χ1) is 16.1. The van der Waals surface area contributed by atoms with E-state index in [0.29, 0.717) is 38.3 Å². The molecule has 10 heteroatoms. The van der Waals surface area contributed by atoms with Gasteiger partial charge in [-0.15, -0.1) is 0 Å². The Bertz CT molecular complexity index is 888. The predicted octanol–water partition coefficient (Wildman–Crippen LogP) is 2.52. The average molecular weight is 484 g/mol. The zero-order valence-electron chi connectivity index (χ0n) is 19.4. The molecule has 2 atom stereocenters. The monoisotopic (exact) mass is 483 g/mol. The molecular weight excluding hydrogens is 451 g/mol. The molecule has 2 unspecified atom stereocenters. The van der Waals surface area contributed by atoms with Crippen molar-refractivity contribution in [3.8, 4) is 0 Å². The number of likely N-dealkylation sites (tertiary alicyclic amines) is 1. The standard InChI is InChI=1S/C24H32F3N3O4/c1-34-22(33)19(6-11-28-13-10-23(8-9-23)20(31)16-28)30-15-14-29(12-7-21(30)32)18-4-2-17(3-5-18)24(25,26)27/h2-5,19-20,31H,6-16H2,1H3. The highest BCUT2D eigenvalue weighted by molar-refractivity contribution is 5.85. The van der Waals surface area contributed by atoms with Crippen molar-refractivity contribution in [1.82, 2.24) is 9.80 Å². The number of rotatable bonds is 6. The number of hydrogen-bond donors (Lipinski definition) is 1. The highest BCUT2D eigenvalue weighted by Gasteiger charge is 2.51. The number of hydrogen-bond acceptors (Lipinski definition) is 6. The zero-order valence-corrected chi connectivity index (χ0v) is 19.4. The van der Waals surface area contributed by atoms with Crippen LogP contribution in [0.15, 0.2) is 24.3 Å². The molecule has 1 N–H and O–H groups in total. The molecule has 2 heterocycles. The van der Waals surface area contributed by atoms with E-state index < -0.39 is 23.8 Å². The first-order valence-electron chi connectivity index (χ1n) is 11.8. The van der Waals surface area contributed by atoms with Gasteiger partial charge in [-0.05, 0) is 61.9 Å². The summed E-state index contributed by atoms with van der Waals surface area (Å²) in [5.74, 6) is -0.659. The molecule has 1 saturated carbocycles. The SMILES string of the molecule is COC(=O)C(CCN1CCC2(CC2)C(O)C1)N1CCN(c2ccc(C(F)(F)F)cc2)CCC1=O. The number of aliphatic hydroxyl groups excluding tert-OH is 1. The first-order valence-corrected chi connectivity index (χ1v) is 11.8. The molecule has 1 aromatic carbocycles. The predicted molar refractivity (Wildman–Crippen MR) is 119 cm³/mol. The molecule has 0 bridgehead atoms. The second-order valence-electron chi connectivity index (χ2n) is 9.63. The molecule has 7 nitrogen and oxygen atoms in total. The lowest BCUT2D eigenvalue weighted by molar-refractivity contribution is -0.153. The summed E-state index contributed by atoms with van der Waals surface area (Å²) < 4.78 is 43.6. The van der Waals surface area contributed by atoms with E-state index in [1.54, 1.807) is 4.90 Å². The van der Waals surface area contributed by atoms with Crippen LogP contribution in [-0.4, -0.2) is 85.3 Å². The van der Waals surface area contributed by atoms with Gasteiger partial charge in [0.15, 0.2) is 0 Å². The summed E-state index contributed by atoms with van der Waals surface area (Å²) in [6, 6.07) is 4.16. The number of piperidine rings is 1. The highest BCUT2D eigenvalue weighted by atomic mass is 19.4. The number of anilines is 1. The Morgan fingerprint density at radius 1 is 1.15 bits per heavy atom. The van der Waals surface area contributed by atoms with Crippen LogP contribution in [0.2, 0.25) is 0 Å². The van der Waals surface area contributed by atoms with E-state index in [0.717, 1.165) is 37.9 Å². The molecule has 0 radical (unpaired) electrons. The molecule has 3 aliphatic rings. The number of carbonyl (C=O) groups excluding carboxylic acids is 2. The summed E-state index contributed by atoms with van der Waals surface area (Å²) in [4.78, 5) is 31.1. The third-order valence-corrected chi connectivity index (χ3v) is 7.61. The van der Waals surface area contributed by atoms with Gasteiger partial charge in [0.2, 0.25) is 5.91 Å². The van der Waals surface area contributed by atoms with Crippen LogP contribution in [0.3, 0.4) is 0 Å². The molecule has 2 saturated heterocycles.